The third kappa shape index (κ3) is 3.12. The van der Waals surface area contributed by atoms with Crippen molar-refractivity contribution < 1.29 is 9.84 Å². The monoisotopic (exact) mass is 248 g/mol. The highest BCUT2D eigenvalue weighted by atomic mass is 16.5. The number of aliphatic hydroxyl groups is 1. The predicted molar refractivity (Wildman–Crippen MR) is 73.5 cm³/mol. The molecule has 1 aliphatic rings. The molecule has 2 rings (SSSR count). The molecule has 1 aromatic carbocycles. The number of ether oxygens (including phenoxy) is 1. The van der Waals surface area contributed by atoms with Crippen molar-refractivity contribution in [3.8, 4) is 0 Å². The lowest BCUT2D eigenvalue weighted by Gasteiger charge is -2.31. The molecule has 2 nitrogen and oxygen atoms in total. The summed E-state index contributed by atoms with van der Waals surface area (Å²) >= 11 is 0. The Morgan fingerprint density at radius 1 is 1.39 bits per heavy atom. The van der Waals surface area contributed by atoms with Crippen LogP contribution < -0.4 is 0 Å². The second kappa shape index (κ2) is 6.35. The molecule has 1 aliphatic heterocycles. The van der Waals surface area contributed by atoms with Crippen LogP contribution in [-0.4, -0.2) is 17.8 Å². The van der Waals surface area contributed by atoms with Crippen molar-refractivity contribution in [2.24, 2.45) is 5.92 Å². The number of fused-ring (bicyclic) bond motifs is 1. The minimum Gasteiger partial charge on any atom is -0.390 e. The highest BCUT2D eigenvalue weighted by Gasteiger charge is 2.28. The Hall–Kier alpha value is -0.860. The van der Waals surface area contributed by atoms with E-state index in [4.69, 9.17) is 4.74 Å². The fourth-order valence-corrected chi connectivity index (χ4v) is 2.89. The Bertz CT molecular complexity index is 375. The van der Waals surface area contributed by atoms with Gasteiger partial charge < -0.3 is 9.84 Å². The summed E-state index contributed by atoms with van der Waals surface area (Å²) in [4.78, 5) is 0. The number of hydrogen-bond acceptors (Lipinski definition) is 2. The molecule has 0 aromatic heterocycles. The summed E-state index contributed by atoms with van der Waals surface area (Å²) in [5.41, 5.74) is 2.51. The maximum absolute atomic E-state index is 10.4. The molecule has 3 atom stereocenters. The molecule has 18 heavy (non-hydrogen) atoms. The van der Waals surface area contributed by atoms with Gasteiger partial charge >= 0.3 is 0 Å². The highest BCUT2D eigenvalue weighted by molar-refractivity contribution is 5.31. The lowest BCUT2D eigenvalue weighted by Crippen LogP contribution is -2.28. The molecule has 0 saturated carbocycles. The maximum Gasteiger partial charge on any atom is 0.109 e. The molecule has 0 saturated heterocycles. The molecule has 1 N–H and O–H groups in total. The zero-order valence-corrected chi connectivity index (χ0v) is 11.4. The van der Waals surface area contributed by atoms with Crippen LogP contribution in [0.15, 0.2) is 24.3 Å². The highest BCUT2D eigenvalue weighted by Crippen LogP contribution is 2.32. The van der Waals surface area contributed by atoms with Crippen LogP contribution >= 0.6 is 0 Å². The van der Waals surface area contributed by atoms with Gasteiger partial charge in [0.25, 0.3) is 0 Å². The molecule has 100 valence electrons. The van der Waals surface area contributed by atoms with Gasteiger partial charge in [-0.1, -0.05) is 51.0 Å². The van der Waals surface area contributed by atoms with E-state index >= 15 is 0 Å². The summed E-state index contributed by atoms with van der Waals surface area (Å²) in [6, 6.07) is 8.33. The fourth-order valence-electron chi connectivity index (χ4n) is 2.89. The third-order valence-electron chi connectivity index (χ3n) is 3.81. The van der Waals surface area contributed by atoms with Gasteiger partial charge in [-0.15, -0.1) is 0 Å². The van der Waals surface area contributed by atoms with Crippen LogP contribution in [-0.2, 0) is 11.2 Å². The van der Waals surface area contributed by atoms with Crippen molar-refractivity contribution in [2.75, 3.05) is 6.61 Å². The average Bonchev–Trinajstić information content (AvgIpc) is 2.38. The summed E-state index contributed by atoms with van der Waals surface area (Å²) in [5, 5.41) is 10.4. The van der Waals surface area contributed by atoms with Crippen molar-refractivity contribution in [2.45, 2.75) is 51.7 Å². The van der Waals surface area contributed by atoms with Crippen molar-refractivity contribution in [3.63, 3.8) is 0 Å². The first-order chi connectivity index (χ1) is 8.72. The number of benzene rings is 1. The lowest BCUT2D eigenvalue weighted by atomic mass is 9.89. The van der Waals surface area contributed by atoms with Crippen molar-refractivity contribution in [1.82, 2.24) is 0 Å². The van der Waals surface area contributed by atoms with Gasteiger partial charge in [-0.25, -0.2) is 0 Å². The van der Waals surface area contributed by atoms with Gasteiger partial charge in [0.15, 0.2) is 0 Å². The van der Waals surface area contributed by atoms with E-state index in [9.17, 15) is 5.11 Å². The quantitative estimate of drug-likeness (QED) is 0.864. The van der Waals surface area contributed by atoms with Crippen molar-refractivity contribution in [3.05, 3.63) is 35.4 Å². The topological polar surface area (TPSA) is 29.5 Å². The third-order valence-corrected chi connectivity index (χ3v) is 3.81. The molecule has 1 heterocycles. The molecule has 1 aromatic rings. The van der Waals surface area contributed by atoms with Crippen LogP contribution in [0.5, 0.6) is 0 Å². The van der Waals surface area contributed by atoms with Crippen LogP contribution in [0, 0.1) is 5.92 Å². The molecule has 0 radical (unpaired) electrons. The first-order valence-corrected chi connectivity index (χ1v) is 7.09. The summed E-state index contributed by atoms with van der Waals surface area (Å²) in [7, 11) is 0. The molecule has 0 amide bonds. The predicted octanol–water partition coefficient (Wildman–Crippen LogP) is 3.49. The van der Waals surface area contributed by atoms with Crippen molar-refractivity contribution >= 4 is 0 Å². The van der Waals surface area contributed by atoms with E-state index in [0.717, 1.165) is 19.4 Å². The molecule has 0 spiro atoms. The largest absolute Gasteiger partial charge is 0.390 e. The van der Waals surface area contributed by atoms with Crippen LogP contribution in [0.2, 0.25) is 0 Å². The Labute approximate surface area is 110 Å². The number of aliphatic hydroxyl groups excluding tert-OH is 1. The number of rotatable bonds is 5. The van der Waals surface area contributed by atoms with Crippen LogP contribution in [0.25, 0.3) is 0 Å². The summed E-state index contributed by atoms with van der Waals surface area (Å²) in [6.45, 7) is 5.12. The normalized spacial score (nSPS) is 22.3. The van der Waals surface area contributed by atoms with E-state index in [2.05, 4.69) is 32.0 Å². The summed E-state index contributed by atoms with van der Waals surface area (Å²) < 4.78 is 5.80. The van der Waals surface area contributed by atoms with E-state index in [1.165, 1.54) is 24.0 Å². The van der Waals surface area contributed by atoms with Crippen LogP contribution in [0.3, 0.4) is 0 Å². The molecule has 0 aliphatic carbocycles. The molecular weight excluding hydrogens is 224 g/mol. The van der Waals surface area contributed by atoms with E-state index in [1.807, 2.05) is 6.07 Å². The first-order valence-electron chi connectivity index (χ1n) is 7.09. The van der Waals surface area contributed by atoms with Gasteiger partial charge in [0.05, 0.1) is 12.7 Å². The minimum absolute atomic E-state index is 0.130. The van der Waals surface area contributed by atoms with Gasteiger partial charge in [0.1, 0.15) is 6.10 Å². The Morgan fingerprint density at radius 2 is 2.17 bits per heavy atom. The molecule has 2 heteroatoms. The Morgan fingerprint density at radius 3 is 2.94 bits per heavy atom. The zero-order valence-electron chi connectivity index (χ0n) is 11.4. The smallest absolute Gasteiger partial charge is 0.109 e. The van der Waals surface area contributed by atoms with Gasteiger partial charge in [-0.2, -0.15) is 0 Å². The average molecular weight is 248 g/mol. The van der Waals surface area contributed by atoms with Gasteiger partial charge in [-0.3, -0.25) is 0 Å². The standard InChI is InChI=1S/C16H24O2/c1-3-6-12(2)11-15(17)16-14-8-5-4-7-13(14)9-10-18-16/h4-5,7-8,12,15-17H,3,6,9-11H2,1-2H3. The van der Waals surface area contributed by atoms with Gasteiger partial charge in [0.2, 0.25) is 0 Å². The van der Waals surface area contributed by atoms with Crippen LogP contribution in [0.4, 0.5) is 0 Å². The minimum atomic E-state index is -0.381. The van der Waals surface area contributed by atoms with Crippen molar-refractivity contribution in [1.29, 1.82) is 0 Å². The molecule has 3 unspecified atom stereocenters. The number of hydrogen-bond donors (Lipinski definition) is 1. The Kier molecular flexibility index (Phi) is 4.79. The second-order valence-corrected chi connectivity index (χ2v) is 5.44. The molecular formula is C16H24O2. The van der Waals surface area contributed by atoms with E-state index in [0.29, 0.717) is 5.92 Å². The Balaban J connectivity index is 2.05. The second-order valence-electron chi connectivity index (χ2n) is 5.44. The van der Waals surface area contributed by atoms with Gasteiger partial charge in [0, 0.05) is 0 Å². The molecule has 0 bridgehead atoms. The van der Waals surface area contributed by atoms with Crippen LogP contribution in [0.1, 0.15) is 50.3 Å². The summed E-state index contributed by atoms with van der Waals surface area (Å²) in [5.74, 6) is 0.558. The van der Waals surface area contributed by atoms with E-state index in [-0.39, 0.29) is 12.2 Å². The van der Waals surface area contributed by atoms with E-state index < -0.39 is 0 Å². The first kappa shape index (κ1) is 13.6. The summed E-state index contributed by atoms with van der Waals surface area (Å²) in [6.07, 6.45) is 3.63. The van der Waals surface area contributed by atoms with Gasteiger partial charge in [-0.05, 0) is 29.9 Å². The maximum atomic E-state index is 10.4. The molecule has 0 fully saturated rings. The van der Waals surface area contributed by atoms with E-state index in [1.54, 1.807) is 0 Å². The fraction of sp³-hybridized carbons (Fsp3) is 0.625. The lowest BCUT2D eigenvalue weighted by molar-refractivity contribution is -0.0548. The zero-order chi connectivity index (χ0) is 13.0. The SMILES string of the molecule is CCCC(C)CC(O)C1OCCc2ccccc21.